The molecule has 0 aliphatic heterocycles. The van der Waals surface area contributed by atoms with Crippen LogP contribution in [0.25, 0.3) is 21.8 Å². The van der Waals surface area contributed by atoms with Gasteiger partial charge in [-0.3, -0.25) is 14.9 Å². The molecule has 3 heterocycles. The molecule has 0 amide bonds. The van der Waals surface area contributed by atoms with E-state index in [1.807, 2.05) is 18.5 Å². The number of aromatic nitrogens is 3. The highest BCUT2D eigenvalue weighted by Gasteiger charge is 2.27. The first-order chi connectivity index (χ1) is 13.8. The number of aryl methyl sites for hydroxylation is 1. The lowest BCUT2D eigenvalue weighted by Crippen LogP contribution is -2.35. The van der Waals surface area contributed by atoms with Crippen molar-refractivity contribution in [2.75, 3.05) is 13.1 Å². The second kappa shape index (κ2) is 7.34. The number of pyridine rings is 2. The molecule has 1 unspecified atom stereocenters. The molecule has 0 fully saturated rings. The van der Waals surface area contributed by atoms with E-state index in [0.29, 0.717) is 12.6 Å². The summed E-state index contributed by atoms with van der Waals surface area (Å²) in [6.45, 7) is 2.22. The van der Waals surface area contributed by atoms with Gasteiger partial charge in [0.1, 0.15) is 0 Å². The minimum absolute atomic E-state index is 0.301. The van der Waals surface area contributed by atoms with Crippen molar-refractivity contribution < 1.29 is 0 Å². The Bertz CT molecular complexity index is 1120. The number of aromatic amines is 1. The van der Waals surface area contributed by atoms with Crippen molar-refractivity contribution in [2.45, 2.75) is 31.8 Å². The van der Waals surface area contributed by atoms with Gasteiger partial charge < -0.3 is 10.7 Å². The molecule has 0 spiro atoms. The number of H-pyrrole nitrogens is 1. The highest BCUT2D eigenvalue weighted by Crippen LogP contribution is 2.34. The lowest BCUT2D eigenvalue weighted by molar-refractivity contribution is 0.169. The maximum Gasteiger partial charge on any atom is 0.0784 e. The normalized spacial score (nSPS) is 16.7. The van der Waals surface area contributed by atoms with Crippen LogP contribution in [0.1, 0.15) is 35.8 Å². The summed E-state index contributed by atoms with van der Waals surface area (Å²) in [6, 6.07) is 15.1. The zero-order valence-corrected chi connectivity index (χ0v) is 15.9. The van der Waals surface area contributed by atoms with Crippen LogP contribution in [0, 0.1) is 0 Å². The van der Waals surface area contributed by atoms with Crippen molar-refractivity contribution in [3.8, 4) is 0 Å². The predicted octanol–water partition coefficient (Wildman–Crippen LogP) is 3.95. The van der Waals surface area contributed by atoms with E-state index in [1.165, 1.54) is 28.5 Å². The van der Waals surface area contributed by atoms with Crippen LogP contribution < -0.4 is 5.73 Å². The van der Waals surface area contributed by atoms with Crippen LogP contribution in [0.2, 0.25) is 0 Å². The summed E-state index contributed by atoms with van der Waals surface area (Å²) in [5, 5.41) is 2.48. The highest BCUT2D eigenvalue weighted by atomic mass is 15.2. The van der Waals surface area contributed by atoms with Crippen LogP contribution in [-0.4, -0.2) is 32.9 Å². The molecule has 28 heavy (non-hydrogen) atoms. The molecule has 5 rings (SSSR count). The summed E-state index contributed by atoms with van der Waals surface area (Å²) >= 11 is 0. The standard InChI is InChI=1S/C23H25N5/c24-11-14-28(21-9-3-5-16-6-4-12-26-22(16)21)15-20-23-18(10-13-25-20)17-7-1-2-8-19(17)27-23/h1-2,4,6-8,10,12-13,21,27H,3,5,9,11,14-15,24H2. The van der Waals surface area contributed by atoms with E-state index in [1.54, 1.807) is 0 Å². The number of hydrogen-bond donors (Lipinski definition) is 2. The fourth-order valence-electron chi connectivity index (χ4n) is 4.59. The molecule has 0 saturated carbocycles. The second-order valence-electron chi connectivity index (χ2n) is 7.57. The van der Waals surface area contributed by atoms with Crippen molar-refractivity contribution in [1.29, 1.82) is 0 Å². The van der Waals surface area contributed by atoms with Gasteiger partial charge in [-0.05, 0) is 43.0 Å². The van der Waals surface area contributed by atoms with Crippen LogP contribution in [0.15, 0.2) is 54.9 Å². The Morgan fingerprint density at radius 3 is 2.89 bits per heavy atom. The largest absolute Gasteiger partial charge is 0.353 e. The molecule has 0 saturated heterocycles. The third kappa shape index (κ3) is 2.97. The molecule has 1 aliphatic rings. The van der Waals surface area contributed by atoms with Gasteiger partial charge >= 0.3 is 0 Å². The van der Waals surface area contributed by atoms with Gasteiger partial charge in [0.15, 0.2) is 0 Å². The number of fused-ring (bicyclic) bond motifs is 4. The van der Waals surface area contributed by atoms with Crippen molar-refractivity contribution in [3.05, 3.63) is 71.8 Å². The van der Waals surface area contributed by atoms with E-state index in [-0.39, 0.29) is 0 Å². The number of para-hydroxylation sites is 1. The van der Waals surface area contributed by atoms with Gasteiger partial charge in [0.2, 0.25) is 0 Å². The number of nitrogens with two attached hydrogens (primary N) is 1. The average molecular weight is 371 g/mol. The summed E-state index contributed by atoms with van der Waals surface area (Å²) in [4.78, 5) is 15.5. The summed E-state index contributed by atoms with van der Waals surface area (Å²) in [7, 11) is 0. The van der Waals surface area contributed by atoms with Gasteiger partial charge in [-0.1, -0.05) is 24.3 Å². The molecule has 1 atom stereocenters. The first-order valence-electron chi connectivity index (χ1n) is 10.1. The zero-order chi connectivity index (χ0) is 18.9. The number of nitrogens with zero attached hydrogens (tertiary/aromatic N) is 3. The Balaban J connectivity index is 1.55. The van der Waals surface area contributed by atoms with Crippen LogP contribution in [0.5, 0.6) is 0 Å². The fourth-order valence-corrected chi connectivity index (χ4v) is 4.59. The Labute approximate surface area is 164 Å². The molecule has 5 nitrogen and oxygen atoms in total. The number of nitrogens with one attached hydrogen (secondary N) is 1. The Hall–Kier alpha value is -2.76. The molecule has 5 heteroatoms. The van der Waals surface area contributed by atoms with Gasteiger partial charge in [0, 0.05) is 48.3 Å². The summed E-state index contributed by atoms with van der Waals surface area (Å²) < 4.78 is 0. The van der Waals surface area contributed by atoms with E-state index in [2.05, 4.69) is 46.3 Å². The topological polar surface area (TPSA) is 70.8 Å². The molecular formula is C23H25N5. The van der Waals surface area contributed by atoms with Crippen molar-refractivity contribution in [3.63, 3.8) is 0 Å². The van der Waals surface area contributed by atoms with Gasteiger partial charge in [-0.2, -0.15) is 0 Å². The minimum Gasteiger partial charge on any atom is -0.353 e. The summed E-state index contributed by atoms with van der Waals surface area (Å²) in [5.74, 6) is 0. The van der Waals surface area contributed by atoms with Crippen molar-refractivity contribution in [1.82, 2.24) is 19.9 Å². The number of benzene rings is 1. The molecule has 142 valence electrons. The first kappa shape index (κ1) is 17.3. The first-order valence-corrected chi connectivity index (χ1v) is 10.1. The van der Waals surface area contributed by atoms with Crippen molar-refractivity contribution in [2.24, 2.45) is 5.73 Å². The molecule has 4 aromatic rings. The monoisotopic (exact) mass is 371 g/mol. The van der Waals surface area contributed by atoms with E-state index >= 15 is 0 Å². The predicted molar refractivity (Wildman–Crippen MR) is 113 cm³/mol. The Morgan fingerprint density at radius 1 is 1.04 bits per heavy atom. The van der Waals surface area contributed by atoms with E-state index in [0.717, 1.165) is 42.7 Å². The smallest absolute Gasteiger partial charge is 0.0784 e. The molecule has 1 aromatic carbocycles. The number of rotatable bonds is 5. The van der Waals surface area contributed by atoms with Crippen LogP contribution in [-0.2, 0) is 13.0 Å². The molecular weight excluding hydrogens is 346 g/mol. The van der Waals surface area contributed by atoms with E-state index < -0.39 is 0 Å². The lowest BCUT2D eigenvalue weighted by Gasteiger charge is -2.34. The summed E-state index contributed by atoms with van der Waals surface area (Å²) in [6.07, 6.45) is 7.26. The van der Waals surface area contributed by atoms with Gasteiger partial charge in [0.05, 0.1) is 22.9 Å². The maximum atomic E-state index is 5.99. The second-order valence-corrected chi connectivity index (χ2v) is 7.57. The lowest BCUT2D eigenvalue weighted by atomic mass is 9.90. The molecule has 3 N–H and O–H groups in total. The highest BCUT2D eigenvalue weighted by molar-refractivity contribution is 6.07. The number of hydrogen-bond acceptors (Lipinski definition) is 4. The van der Waals surface area contributed by atoms with Crippen LogP contribution >= 0.6 is 0 Å². The summed E-state index contributed by atoms with van der Waals surface area (Å²) in [5.41, 5.74) is 11.9. The fraction of sp³-hybridized carbons (Fsp3) is 0.304. The average Bonchev–Trinajstić information content (AvgIpc) is 3.13. The SMILES string of the molecule is NCCN(Cc1nccc2c1[nH]c1ccccc12)C1CCCc2cccnc21. The Kier molecular flexibility index (Phi) is 4.55. The third-order valence-corrected chi connectivity index (χ3v) is 5.88. The van der Waals surface area contributed by atoms with Crippen LogP contribution in [0.4, 0.5) is 0 Å². The van der Waals surface area contributed by atoms with E-state index in [4.69, 9.17) is 15.7 Å². The Morgan fingerprint density at radius 2 is 1.96 bits per heavy atom. The van der Waals surface area contributed by atoms with Gasteiger partial charge in [0.25, 0.3) is 0 Å². The quantitative estimate of drug-likeness (QED) is 0.557. The minimum atomic E-state index is 0.301. The van der Waals surface area contributed by atoms with E-state index in [9.17, 15) is 0 Å². The molecule has 0 bridgehead atoms. The zero-order valence-electron chi connectivity index (χ0n) is 15.9. The van der Waals surface area contributed by atoms with Crippen molar-refractivity contribution >= 4 is 21.8 Å². The van der Waals surface area contributed by atoms with Gasteiger partial charge in [-0.25, -0.2) is 0 Å². The molecule has 3 aromatic heterocycles. The third-order valence-electron chi connectivity index (χ3n) is 5.88. The van der Waals surface area contributed by atoms with Gasteiger partial charge in [-0.15, -0.1) is 0 Å². The molecule has 0 radical (unpaired) electrons. The molecule has 1 aliphatic carbocycles. The van der Waals surface area contributed by atoms with Crippen LogP contribution in [0.3, 0.4) is 0 Å². The maximum absolute atomic E-state index is 5.99.